The van der Waals surface area contributed by atoms with Gasteiger partial charge in [-0.25, -0.2) is 0 Å². The first-order chi connectivity index (χ1) is 6.97. The smallest absolute Gasteiger partial charge is 0.313 e. The molecular weight excluding hydrogens is 218 g/mol. The first kappa shape index (κ1) is 12.0. The van der Waals surface area contributed by atoms with E-state index in [0.29, 0.717) is 6.42 Å². The van der Waals surface area contributed by atoms with Gasteiger partial charge in [0.15, 0.2) is 5.78 Å². The van der Waals surface area contributed by atoms with E-state index in [1.165, 1.54) is 23.6 Å². The molecule has 1 aliphatic rings. The molecule has 1 aliphatic heterocycles. The van der Waals surface area contributed by atoms with Crippen molar-refractivity contribution in [3.8, 4) is 0 Å². The summed E-state index contributed by atoms with van der Waals surface area (Å²) in [7, 11) is 0. The van der Waals surface area contributed by atoms with Gasteiger partial charge in [0, 0.05) is 0 Å². The highest BCUT2D eigenvalue weighted by Gasteiger charge is 2.37. The summed E-state index contributed by atoms with van der Waals surface area (Å²) in [6, 6.07) is 0. The molecule has 1 rings (SSSR count). The van der Waals surface area contributed by atoms with Crippen molar-refractivity contribution in [2.24, 2.45) is 5.92 Å². The third kappa shape index (κ3) is 2.50. The highest BCUT2D eigenvalue weighted by molar-refractivity contribution is 7.99. The molecule has 0 bridgehead atoms. The first-order valence-electron chi connectivity index (χ1n) is 4.55. The zero-order valence-electron chi connectivity index (χ0n) is 8.60. The van der Waals surface area contributed by atoms with E-state index in [-0.39, 0.29) is 17.8 Å². The van der Waals surface area contributed by atoms with Crippen LogP contribution in [0.25, 0.3) is 0 Å². The molecule has 1 saturated heterocycles. The number of hydrogen-bond donors (Lipinski definition) is 1. The molecule has 15 heavy (non-hydrogen) atoms. The topological polar surface area (TPSA) is 74.7 Å². The molecular formula is C9H13NO4S. The first-order valence-corrected chi connectivity index (χ1v) is 5.84. The monoisotopic (exact) mass is 231 g/mol. The summed E-state index contributed by atoms with van der Waals surface area (Å²) < 4.78 is 0. The molecule has 0 aromatic rings. The summed E-state index contributed by atoms with van der Waals surface area (Å²) >= 11 is 1.49. The van der Waals surface area contributed by atoms with Crippen molar-refractivity contribution in [2.45, 2.75) is 18.7 Å². The van der Waals surface area contributed by atoms with Crippen molar-refractivity contribution in [1.82, 2.24) is 4.90 Å². The molecule has 1 N–H and O–H groups in total. The summed E-state index contributed by atoms with van der Waals surface area (Å²) in [5.41, 5.74) is 0. The maximum absolute atomic E-state index is 11.4. The van der Waals surface area contributed by atoms with Crippen LogP contribution in [-0.2, 0) is 14.4 Å². The normalized spacial score (nSPS) is 22.1. The van der Waals surface area contributed by atoms with Gasteiger partial charge in [0.1, 0.15) is 5.92 Å². The van der Waals surface area contributed by atoms with Gasteiger partial charge in [-0.1, -0.05) is 0 Å². The van der Waals surface area contributed by atoms with Crippen LogP contribution in [0.3, 0.4) is 0 Å². The Morgan fingerprint density at radius 2 is 2.27 bits per heavy atom. The van der Waals surface area contributed by atoms with Gasteiger partial charge in [0.05, 0.1) is 18.3 Å². The summed E-state index contributed by atoms with van der Waals surface area (Å²) in [6.07, 6.45) is 2.30. The van der Waals surface area contributed by atoms with Crippen LogP contribution in [0.15, 0.2) is 0 Å². The predicted octanol–water partition coefficient (Wildman–Crippen LogP) is 0.198. The predicted molar refractivity (Wildman–Crippen MR) is 55.4 cm³/mol. The highest BCUT2D eigenvalue weighted by Crippen LogP contribution is 2.27. The number of thioether (sulfide) groups is 1. The van der Waals surface area contributed by atoms with Gasteiger partial charge in [0.2, 0.25) is 5.91 Å². The molecule has 0 radical (unpaired) electrons. The van der Waals surface area contributed by atoms with Crippen LogP contribution in [0, 0.1) is 5.92 Å². The van der Waals surface area contributed by atoms with Gasteiger partial charge < -0.3 is 10.0 Å². The van der Waals surface area contributed by atoms with Gasteiger partial charge in [-0.2, -0.15) is 0 Å². The average Bonchev–Trinajstić information content (AvgIpc) is 2.20. The maximum Gasteiger partial charge on any atom is 0.313 e. The molecule has 1 fully saturated rings. The molecule has 6 heteroatoms. The fraction of sp³-hybridized carbons (Fsp3) is 0.667. The van der Waals surface area contributed by atoms with E-state index >= 15 is 0 Å². The number of aliphatic carboxylic acids is 1. The number of carbonyl (C=O) groups is 3. The standard InChI is InChI=1S/C9H13NO4S/c1-5(9(13)14)6(11)4-10-7(12)3-8(10)15-2/h5,8H,3-4H2,1-2H3,(H,13,14). The molecule has 2 unspecified atom stereocenters. The van der Waals surface area contributed by atoms with Crippen molar-refractivity contribution in [1.29, 1.82) is 0 Å². The molecule has 0 aromatic heterocycles. The Morgan fingerprint density at radius 1 is 1.67 bits per heavy atom. The average molecular weight is 231 g/mol. The quantitative estimate of drug-likeness (QED) is 0.540. The lowest BCUT2D eigenvalue weighted by Crippen LogP contribution is -2.53. The number of hydrogen-bond acceptors (Lipinski definition) is 4. The Kier molecular flexibility index (Phi) is 3.73. The lowest BCUT2D eigenvalue weighted by atomic mass is 10.0. The lowest BCUT2D eigenvalue weighted by Gasteiger charge is -2.39. The van der Waals surface area contributed by atoms with Crippen LogP contribution in [0.2, 0.25) is 0 Å². The second-order valence-corrected chi connectivity index (χ2v) is 4.46. The minimum atomic E-state index is -1.14. The van der Waals surface area contributed by atoms with Crippen LogP contribution in [-0.4, -0.2) is 45.8 Å². The number of carbonyl (C=O) groups excluding carboxylic acids is 2. The summed E-state index contributed by atoms with van der Waals surface area (Å²) in [6.45, 7) is 1.25. The van der Waals surface area contributed by atoms with Crippen molar-refractivity contribution in [3.63, 3.8) is 0 Å². The van der Waals surface area contributed by atoms with E-state index in [1.807, 2.05) is 6.26 Å². The van der Waals surface area contributed by atoms with E-state index in [1.54, 1.807) is 0 Å². The van der Waals surface area contributed by atoms with E-state index < -0.39 is 17.7 Å². The van der Waals surface area contributed by atoms with E-state index in [9.17, 15) is 14.4 Å². The van der Waals surface area contributed by atoms with Gasteiger partial charge in [-0.15, -0.1) is 11.8 Å². The number of carboxylic acid groups (broad SMARTS) is 1. The third-order valence-corrected chi connectivity index (χ3v) is 3.43. The van der Waals surface area contributed by atoms with Gasteiger partial charge in [0.25, 0.3) is 0 Å². The summed E-state index contributed by atoms with van der Waals surface area (Å²) in [5, 5.41) is 8.65. The van der Waals surface area contributed by atoms with Gasteiger partial charge in [-0.3, -0.25) is 14.4 Å². The van der Waals surface area contributed by atoms with E-state index in [2.05, 4.69) is 0 Å². The number of carboxylic acids is 1. The van der Waals surface area contributed by atoms with Crippen LogP contribution in [0.1, 0.15) is 13.3 Å². The Hall–Kier alpha value is -1.04. The second-order valence-electron chi connectivity index (χ2n) is 3.44. The largest absolute Gasteiger partial charge is 0.481 e. The van der Waals surface area contributed by atoms with Crippen LogP contribution in [0.5, 0.6) is 0 Å². The Balaban J connectivity index is 2.51. The van der Waals surface area contributed by atoms with Crippen LogP contribution in [0.4, 0.5) is 0 Å². The molecule has 0 saturated carbocycles. The number of Topliss-reactive ketones (excluding diaryl/α,β-unsaturated/α-hetero) is 1. The number of nitrogens with zero attached hydrogens (tertiary/aromatic N) is 1. The second kappa shape index (κ2) is 4.65. The lowest BCUT2D eigenvalue weighted by molar-refractivity contribution is -0.151. The van der Waals surface area contributed by atoms with Gasteiger partial charge >= 0.3 is 5.97 Å². The third-order valence-electron chi connectivity index (χ3n) is 2.47. The SMILES string of the molecule is CSC1CC(=O)N1CC(=O)C(C)C(=O)O. The molecule has 0 aromatic carbocycles. The Morgan fingerprint density at radius 3 is 2.67 bits per heavy atom. The molecule has 1 amide bonds. The highest BCUT2D eigenvalue weighted by atomic mass is 32.2. The number of ketones is 1. The zero-order chi connectivity index (χ0) is 11.6. The number of β-lactam (4-membered cyclic amide) rings is 1. The Labute approximate surface area is 91.8 Å². The molecule has 84 valence electrons. The fourth-order valence-corrected chi connectivity index (χ4v) is 2.02. The number of rotatable bonds is 5. The van der Waals surface area contributed by atoms with Crippen molar-refractivity contribution in [2.75, 3.05) is 12.8 Å². The molecule has 2 atom stereocenters. The number of likely N-dealkylation sites (tertiary alicyclic amines) is 1. The fourth-order valence-electron chi connectivity index (χ4n) is 1.27. The molecule has 1 heterocycles. The van der Waals surface area contributed by atoms with E-state index in [4.69, 9.17) is 5.11 Å². The summed E-state index contributed by atoms with van der Waals surface area (Å²) in [4.78, 5) is 34.5. The van der Waals surface area contributed by atoms with Crippen LogP contribution >= 0.6 is 11.8 Å². The van der Waals surface area contributed by atoms with Gasteiger partial charge in [-0.05, 0) is 13.2 Å². The van der Waals surface area contributed by atoms with Crippen molar-refractivity contribution in [3.05, 3.63) is 0 Å². The van der Waals surface area contributed by atoms with Crippen molar-refractivity contribution >= 4 is 29.4 Å². The molecule has 0 spiro atoms. The molecule has 0 aliphatic carbocycles. The maximum atomic E-state index is 11.4. The summed E-state index contributed by atoms with van der Waals surface area (Å²) in [5.74, 6) is -2.69. The van der Waals surface area contributed by atoms with Crippen LogP contribution < -0.4 is 0 Å². The minimum absolute atomic E-state index is 0.0300. The zero-order valence-corrected chi connectivity index (χ0v) is 9.41. The van der Waals surface area contributed by atoms with E-state index in [0.717, 1.165) is 0 Å². The number of amides is 1. The molecule has 5 nitrogen and oxygen atoms in total. The van der Waals surface area contributed by atoms with Crippen molar-refractivity contribution < 1.29 is 19.5 Å². The Bertz CT molecular complexity index is 304. The minimum Gasteiger partial charge on any atom is -0.481 e.